The number of nitrogens with one attached hydrogen (secondary N) is 1. The quantitative estimate of drug-likeness (QED) is 0.0359. The summed E-state index contributed by atoms with van der Waals surface area (Å²) in [5.74, 6) is -1.43. The normalized spacial score (nSPS) is 23.1. The van der Waals surface area contributed by atoms with Crippen LogP contribution in [0.5, 0.6) is 23.0 Å². The van der Waals surface area contributed by atoms with Crippen molar-refractivity contribution in [3.8, 4) is 29.1 Å². The maximum Gasteiger partial charge on any atom is 0.417 e. The van der Waals surface area contributed by atoms with Crippen LogP contribution in [0.15, 0.2) is 133 Å². The molecule has 5 aromatic rings. The third-order valence-corrected chi connectivity index (χ3v) is 15.0. The monoisotopic (exact) mass is 1020 g/mol. The minimum atomic E-state index is -1.60. The number of amides is 2. The Kier molecular flexibility index (Phi) is 17.1. The fourth-order valence-electron chi connectivity index (χ4n) is 11.6. The van der Waals surface area contributed by atoms with E-state index in [1.54, 1.807) is 67.8 Å². The Balaban J connectivity index is 1.25. The van der Waals surface area contributed by atoms with Crippen LogP contribution in [0, 0.1) is 29.1 Å². The first-order chi connectivity index (χ1) is 36.7. The van der Waals surface area contributed by atoms with Gasteiger partial charge in [-0.15, -0.1) is 6.58 Å². The summed E-state index contributed by atoms with van der Waals surface area (Å²) < 4.78 is 37.9. The van der Waals surface area contributed by atoms with E-state index in [1.807, 2.05) is 47.4 Å². The van der Waals surface area contributed by atoms with Crippen molar-refractivity contribution >= 4 is 34.2 Å². The lowest BCUT2D eigenvalue weighted by atomic mass is 9.55. The van der Waals surface area contributed by atoms with E-state index in [1.165, 1.54) is 7.11 Å². The van der Waals surface area contributed by atoms with Gasteiger partial charge in [-0.1, -0.05) is 72.6 Å². The number of methoxy groups -OCH3 is 2. The molecule has 2 aliphatic heterocycles. The first-order valence-electron chi connectivity index (χ1n) is 26.1. The van der Waals surface area contributed by atoms with E-state index < -0.39 is 36.0 Å². The number of rotatable bonds is 21. The molecule has 7 atom stereocenters. The van der Waals surface area contributed by atoms with Crippen LogP contribution >= 0.6 is 0 Å². The maximum atomic E-state index is 15.8. The summed E-state index contributed by atoms with van der Waals surface area (Å²) in [6.45, 7) is 4.91. The van der Waals surface area contributed by atoms with Gasteiger partial charge in [0.25, 0.3) is 5.91 Å². The highest BCUT2D eigenvalue weighted by Gasteiger charge is 2.65. The Morgan fingerprint density at radius 1 is 0.920 bits per heavy atom. The number of allylic oxidation sites excluding steroid dienone is 1. The van der Waals surface area contributed by atoms with Gasteiger partial charge in [0.1, 0.15) is 29.0 Å². The van der Waals surface area contributed by atoms with Gasteiger partial charge in [-0.2, -0.15) is 5.26 Å². The Morgan fingerprint density at radius 2 is 1.71 bits per heavy atom. The second-order valence-corrected chi connectivity index (χ2v) is 19.5. The highest BCUT2D eigenvalue weighted by molar-refractivity contribution is 6.04. The second kappa shape index (κ2) is 24.4. The largest absolute Gasteiger partial charge is 0.497 e. The van der Waals surface area contributed by atoms with Crippen LogP contribution in [-0.4, -0.2) is 91.6 Å². The minimum Gasteiger partial charge on any atom is -0.497 e. The van der Waals surface area contributed by atoms with E-state index in [2.05, 4.69) is 30.1 Å². The fraction of sp³-hybridized carbons (Fsp3) is 0.400. The van der Waals surface area contributed by atoms with Crippen molar-refractivity contribution in [2.45, 2.75) is 94.8 Å². The van der Waals surface area contributed by atoms with Crippen LogP contribution in [0.2, 0.25) is 0 Å². The smallest absolute Gasteiger partial charge is 0.417 e. The topological polar surface area (TPSA) is 191 Å². The molecule has 0 spiro atoms. The van der Waals surface area contributed by atoms with E-state index in [4.69, 9.17) is 38.4 Å². The molecule has 1 saturated heterocycles. The summed E-state index contributed by atoms with van der Waals surface area (Å²) >= 11 is 0. The SMILES string of the molecule is C=CCOC12Oc3ccc(OC(=O)Nc4ccc(OC)cc4OC)cc3C3C(CCCCO)C(CCCCO)C=C(C(=NOC4CCCCO4)CC1N(Cc1cccc4ccccc14)C(=O)c1ccc(C#N)cc1)C32. The van der Waals surface area contributed by atoms with Crippen LogP contribution in [0.25, 0.3) is 10.8 Å². The number of aliphatic hydroxyl groups excluding tert-OH is 2. The highest BCUT2D eigenvalue weighted by atomic mass is 16.8. The van der Waals surface area contributed by atoms with Crippen LogP contribution in [0.1, 0.15) is 97.2 Å². The molecule has 2 fully saturated rings. The average molecular weight is 1020 g/mol. The molecular formula is C60H66N4O11. The zero-order chi connectivity index (χ0) is 52.3. The van der Waals surface area contributed by atoms with E-state index in [0.717, 1.165) is 53.2 Å². The number of oxime groups is 1. The molecule has 75 heavy (non-hydrogen) atoms. The van der Waals surface area contributed by atoms with Gasteiger partial charge in [-0.05, 0) is 127 Å². The van der Waals surface area contributed by atoms with Gasteiger partial charge < -0.3 is 48.4 Å². The number of anilines is 1. The van der Waals surface area contributed by atoms with Gasteiger partial charge >= 0.3 is 6.09 Å². The number of aliphatic hydroxyl groups is 2. The van der Waals surface area contributed by atoms with Crippen LogP contribution in [-0.2, 0) is 20.9 Å². The molecule has 5 aromatic carbocycles. The molecule has 9 rings (SSSR count). The Hall–Kier alpha value is -7.22. The summed E-state index contributed by atoms with van der Waals surface area (Å²) in [5.41, 5.74) is 4.31. The molecule has 0 radical (unpaired) electrons. The average Bonchev–Trinajstić information content (AvgIpc) is 3.48. The lowest BCUT2D eigenvalue weighted by Crippen LogP contribution is -2.70. The third kappa shape index (κ3) is 11.4. The number of unbranched alkanes of at least 4 members (excludes halogenated alkanes) is 2. The minimum absolute atomic E-state index is 0.0231. The van der Waals surface area contributed by atoms with Gasteiger partial charge in [-0.3, -0.25) is 10.1 Å². The molecule has 2 heterocycles. The zero-order valence-electron chi connectivity index (χ0n) is 42.7. The number of carbonyl (C=O) groups excluding carboxylic acids is 2. The summed E-state index contributed by atoms with van der Waals surface area (Å²) in [7, 11) is 3.05. The van der Waals surface area contributed by atoms with Crippen molar-refractivity contribution in [2.24, 2.45) is 22.9 Å². The first kappa shape index (κ1) is 52.6. The number of hydrogen-bond donors (Lipinski definition) is 3. The molecule has 1 saturated carbocycles. The Bertz CT molecular complexity index is 2920. The van der Waals surface area contributed by atoms with E-state index in [-0.39, 0.29) is 56.3 Å². The molecule has 2 amide bonds. The number of carbonyl (C=O) groups is 2. The maximum absolute atomic E-state index is 15.8. The lowest BCUT2D eigenvalue weighted by Gasteiger charge is -2.60. The number of hydrogen-bond acceptors (Lipinski definition) is 13. The summed E-state index contributed by atoms with van der Waals surface area (Å²) in [6, 6.07) is 32.5. The van der Waals surface area contributed by atoms with Gasteiger partial charge in [0, 0.05) is 55.7 Å². The van der Waals surface area contributed by atoms with Crippen LogP contribution in [0.3, 0.4) is 0 Å². The van der Waals surface area contributed by atoms with E-state index >= 15 is 4.79 Å². The van der Waals surface area contributed by atoms with Crippen LogP contribution < -0.4 is 24.3 Å². The number of benzene rings is 5. The molecule has 0 aromatic heterocycles. The van der Waals surface area contributed by atoms with Crippen molar-refractivity contribution in [3.63, 3.8) is 0 Å². The molecule has 15 nitrogen and oxygen atoms in total. The van der Waals surface area contributed by atoms with Gasteiger partial charge in [0.05, 0.1) is 56.4 Å². The van der Waals surface area contributed by atoms with Crippen molar-refractivity contribution in [1.29, 1.82) is 5.26 Å². The van der Waals surface area contributed by atoms with Gasteiger partial charge in [0.2, 0.25) is 12.1 Å². The molecule has 392 valence electrons. The molecule has 0 bridgehead atoms. The molecule has 15 heteroatoms. The first-order valence-corrected chi connectivity index (χ1v) is 26.1. The van der Waals surface area contributed by atoms with Crippen molar-refractivity contribution < 1.29 is 53.1 Å². The standard InChI is InChI=1S/C60H66N4O11/c1-4-31-72-60-54(64(58(67)41-23-21-39(37-61)22-24-41)38-43-17-13-16-40-14-5-6-18-46(40)43)36-51(63-75-55-20-9-12-32-71-55)48-33-42(15-7-10-29-65)47(19-8-11-30-66)56(57(48)60)49-34-45(26-28-52(49)74-60)73-59(68)62-50-27-25-44(69-2)35-53(50)70-3/h4-6,13-14,16-18,21-28,33-35,42,47,54-57,65-66H,1,7-12,15,19-20,29-32,36,38H2,2-3H3,(H,62,68). The number of fused-ring (bicyclic) bond motifs is 3. The zero-order valence-corrected chi connectivity index (χ0v) is 42.7. The predicted octanol–water partition coefficient (Wildman–Crippen LogP) is 10.8. The predicted molar refractivity (Wildman–Crippen MR) is 284 cm³/mol. The molecular weight excluding hydrogens is 953 g/mol. The summed E-state index contributed by atoms with van der Waals surface area (Å²) in [5, 5.41) is 39.9. The number of ether oxygens (including phenoxy) is 6. The molecule has 7 unspecified atom stereocenters. The molecule has 3 N–H and O–H groups in total. The Labute approximate surface area is 438 Å². The van der Waals surface area contributed by atoms with Crippen LogP contribution in [0.4, 0.5) is 10.5 Å². The lowest BCUT2D eigenvalue weighted by molar-refractivity contribution is -0.255. The summed E-state index contributed by atoms with van der Waals surface area (Å²) in [4.78, 5) is 37.8. The van der Waals surface area contributed by atoms with Gasteiger partial charge in [-0.25, -0.2) is 4.79 Å². The third-order valence-electron chi connectivity index (χ3n) is 15.0. The number of nitriles is 1. The second-order valence-electron chi connectivity index (χ2n) is 19.5. The summed E-state index contributed by atoms with van der Waals surface area (Å²) in [6.07, 6.45) is 9.39. The van der Waals surface area contributed by atoms with E-state index in [0.29, 0.717) is 78.5 Å². The fourth-order valence-corrected chi connectivity index (χ4v) is 11.6. The van der Waals surface area contributed by atoms with Gasteiger partial charge in [0.15, 0.2) is 0 Å². The van der Waals surface area contributed by atoms with Crippen molar-refractivity contribution in [2.75, 3.05) is 46.0 Å². The highest BCUT2D eigenvalue weighted by Crippen LogP contribution is 2.62. The van der Waals surface area contributed by atoms with Crippen molar-refractivity contribution in [1.82, 2.24) is 4.90 Å². The molecule has 4 aliphatic rings. The van der Waals surface area contributed by atoms with Crippen molar-refractivity contribution in [3.05, 3.63) is 150 Å². The van der Waals surface area contributed by atoms with E-state index in [9.17, 15) is 20.3 Å². The Morgan fingerprint density at radius 3 is 2.45 bits per heavy atom. The molecule has 2 aliphatic carbocycles. The number of nitrogens with zero attached hydrogens (tertiary/aromatic N) is 3.